The molecule has 278 valence electrons. The number of hydrogen-bond acceptors (Lipinski definition) is 2. The fourth-order valence-corrected chi connectivity index (χ4v) is 11.4. The Kier molecular flexibility index (Phi) is 7.24. The lowest BCUT2D eigenvalue weighted by atomic mass is 9.83. The second kappa shape index (κ2) is 13.0. The lowest BCUT2D eigenvalue weighted by Crippen LogP contribution is -1.92. The van der Waals surface area contributed by atoms with Crippen LogP contribution in [0.25, 0.3) is 130 Å². The van der Waals surface area contributed by atoms with Crippen LogP contribution in [0.2, 0.25) is 0 Å². The van der Waals surface area contributed by atoms with Gasteiger partial charge in [-0.05, 0) is 118 Å². The first-order valence-electron chi connectivity index (χ1n) is 20.6. The third-order valence-electron chi connectivity index (χ3n) is 12.7. The average molecular weight is 779 g/mol. The molecule has 0 fully saturated rings. The van der Waals surface area contributed by atoms with Crippen LogP contribution in [0.3, 0.4) is 0 Å². The van der Waals surface area contributed by atoms with Gasteiger partial charge < -0.3 is 4.42 Å². The third-order valence-corrected chi connectivity index (χ3v) is 13.8. The Morgan fingerprint density at radius 2 is 0.717 bits per heavy atom. The summed E-state index contributed by atoms with van der Waals surface area (Å²) < 4.78 is 9.38. The highest BCUT2D eigenvalue weighted by atomic mass is 32.1. The van der Waals surface area contributed by atoms with Crippen LogP contribution in [0.4, 0.5) is 0 Å². The quantitative estimate of drug-likeness (QED) is 0.162. The summed E-state index contributed by atoms with van der Waals surface area (Å²) in [5.41, 5.74) is 11.7. The van der Waals surface area contributed by atoms with Crippen LogP contribution in [-0.4, -0.2) is 0 Å². The fourth-order valence-electron chi connectivity index (χ4n) is 10.2. The molecule has 0 atom stereocenters. The minimum atomic E-state index is 0.886. The van der Waals surface area contributed by atoms with E-state index >= 15 is 0 Å². The standard InChI is InChI=1S/C58H34OS/c1-2-16-35(17-3-1)53-37-18-4-6-20-39(37)54(40-21-7-5-19-38(40)53)36-32-33-49-48(34-36)57-46(27-14-29-50(57)59-49)55-41-22-8-10-24-43(41)56(44-25-11-9-23-42(44)55)47-28-15-31-52-58(47)45-26-12-13-30-51(45)60-52/h1-34H. The van der Waals surface area contributed by atoms with Crippen LogP contribution in [0, 0.1) is 0 Å². The van der Waals surface area contributed by atoms with Crippen molar-refractivity contribution >= 4 is 96.5 Å². The zero-order valence-corrected chi connectivity index (χ0v) is 33.3. The van der Waals surface area contributed by atoms with E-state index in [9.17, 15) is 0 Å². The van der Waals surface area contributed by atoms with E-state index in [1.165, 1.54) is 108 Å². The highest BCUT2D eigenvalue weighted by molar-refractivity contribution is 7.26. The van der Waals surface area contributed by atoms with Gasteiger partial charge in [-0.1, -0.05) is 176 Å². The van der Waals surface area contributed by atoms with E-state index in [0.29, 0.717) is 0 Å². The number of benzene rings is 11. The van der Waals surface area contributed by atoms with Crippen molar-refractivity contribution in [2.24, 2.45) is 0 Å². The van der Waals surface area contributed by atoms with Crippen molar-refractivity contribution < 1.29 is 4.42 Å². The van der Waals surface area contributed by atoms with Gasteiger partial charge in [-0.2, -0.15) is 0 Å². The van der Waals surface area contributed by atoms with Crippen LogP contribution >= 0.6 is 11.3 Å². The molecule has 13 rings (SSSR count). The van der Waals surface area contributed by atoms with E-state index in [1.807, 2.05) is 11.3 Å². The number of thiophene rings is 1. The first-order chi connectivity index (χ1) is 29.8. The molecule has 0 bridgehead atoms. The molecule has 0 unspecified atom stereocenters. The molecular weight excluding hydrogens is 745 g/mol. The van der Waals surface area contributed by atoms with Crippen molar-refractivity contribution in [1.82, 2.24) is 0 Å². The third kappa shape index (κ3) is 4.80. The largest absolute Gasteiger partial charge is 0.456 e. The molecule has 0 aliphatic rings. The van der Waals surface area contributed by atoms with Crippen molar-refractivity contribution in [1.29, 1.82) is 0 Å². The summed E-state index contributed by atoms with van der Waals surface area (Å²) in [6.45, 7) is 0. The van der Waals surface area contributed by atoms with Crippen molar-refractivity contribution in [3.8, 4) is 44.5 Å². The van der Waals surface area contributed by atoms with Crippen LogP contribution in [0.1, 0.15) is 0 Å². The van der Waals surface area contributed by atoms with Crippen LogP contribution < -0.4 is 0 Å². The van der Waals surface area contributed by atoms with Gasteiger partial charge in [0, 0.05) is 30.9 Å². The van der Waals surface area contributed by atoms with Gasteiger partial charge in [-0.25, -0.2) is 0 Å². The Bertz CT molecular complexity index is 3770. The van der Waals surface area contributed by atoms with E-state index in [0.717, 1.165) is 21.9 Å². The van der Waals surface area contributed by atoms with Gasteiger partial charge in [0.25, 0.3) is 0 Å². The second-order valence-electron chi connectivity index (χ2n) is 15.8. The molecule has 0 aliphatic heterocycles. The van der Waals surface area contributed by atoms with Gasteiger partial charge in [0.05, 0.1) is 0 Å². The smallest absolute Gasteiger partial charge is 0.136 e. The van der Waals surface area contributed by atoms with E-state index < -0.39 is 0 Å². The van der Waals surface area contributed by atoms with Crippen molar-refractivity contribution in [2.45, 2.75) is 0 Å². The Morgan fingerprint density at radius 3 is 1.30 bits per heavy atom. The van der Waals surface area contributed by atoms with Gasteiger partial charge in [-0.15, -0.1) is 11.3 Å². The molecule has 13 aromatic rings. The topological polar surface area (TPSA) is 13.1 Å². The number of fused-ring (bicyclic) bond motifs is 10. The summed E-state index contributed by atoms with van der Waals surface area (Å²) in [5, 5.41) is 14.8. The summed E-state index contributed by atoms with van der Waals surface area (Å²) in [7, 11) is 0. The first kappa shape index (κ1) is 33.5. The van der Waals surface area contributed by atoms with E-state index in [4.69, 9.17) is 4.42 Å². The van der Waals surface area contributed by atoms with Crippen molar-refractivity contribution in [2.75, 3.05) is 0 Å². The Morgan fingerprint density at radius 1 is 0.267 bits per heavy atom. The molecule has 0 N–H and O–H groups in total. The van der Waals surface area contributed by atoms with Crippen LogP contribution in [0.5, 0.6) is 0 Å². The van der Waals surface area contributed by atoms with Gasteiger partial charge >= 0.3 is 0 Å². The van der Waals surface area contributed by atoms with Crippen molar-refractivity contribution in [3.05, 3.63) is 206 Å². The molecule has 0 saturated carbocycles. The zero-order chi connectivity index (χ0) is 39.3. The Hall–Kier alpha value is -7.52. The Labute approximate surface area is 350 Å². The predicted molar refractivity (Wildman–Crippen MR) is 258 cm³/mol. The SMILES string of the molecule is c1ccc(-c2c3ccccc3c(-c3ccc4oc5cccc(-c6c7ccccc7c(-c7cccc8sc9ccccc9c78)c7ccccc67)c5c4c3)c3ccccc23)cc1. The van der Waals surface area contributed by atoms with E-state index in [1.54, 1.807) is 0 Å². The number of hydrogen-bond donors (Lipinski definition) is 0. The molecule has 2 heteroatoms. The molecule has 11 aromatic carbocycles. The van der Waals surface area contributed by atoms with E-state index in [-0.39, 0.29) is 0 Å². The maximum absolute atomic E-state index is 6.76. The molecule has 0 spiro atoms. The molecule has 0 amide bonds. The molecular formula is C58H34OS. The number of rotatable bonds is 4. The van der Waals surface area contributed by atoms with Gasteiger partial charge in [0.1, 0.15) is 11.2 Å². The minimum Gasteiger partial charge on any atom is -0.456 e. The summed E-state index contributed by atoms with van der Waals surface area (Å²) in [6.07, 6.45) is 0. The molecule has 2 heterocycles. The average Bonchev–Trinajstić information content (AvgIpc) is 3.89. The summed E-state index contributed by atoms with van der Waals surface area (Å²) in [6, 6.07) is 75.6. The summed E-state index contributed by atoms with van der Waals surface area (Å²) >= 11 is 1.87. The maximum Gasteiger partial charge on any atom is 0.136 e. The molecule has 1 nitrogen and oxygen atoms in total. The van der Waals surface area contributed by atoms with Gasteiger partial charge in [0.2, 0.25) is 0 Å². The molecule has 0 saturated heterocycles. The summed E-state index contributed by atoms with van der Waals surface area (Å²) in [5.74, 6) is 0. The maximum atomic E-state index is 6.76. The van der Waals surface area contributed by atoms with Crippen molar-refractivity contribution in [3.63, 3.8) is 0 Å². The number of furan rings is 1. The second-order valence-corrected chi connectivity index (χ2v) is 16.9. The predicted octanol–water partition coefficient (Wildman–Crippen LogP) is 17.2. The Balaban J connectivity index is 1.11. The van der Waals surface area contributed by atoms with Gasteiger partial charge in [-0.3, -0.25) is 0 Å². The molecule has 0 aliphatic carbocycles. The normalized spacial score (nSPS) is 12.0. The lowest BCUT2D eigenvalue weighted by molar-refractivity contribution is 0.669. The molecule has 60 heavy (non-hydrogen) atoms. The molecule has 2 aromatic heterocycles. The van der Waals surface area contributed by atoms with Crippen LogP contribution in [-0.2, 0) is 0 Å². The van der Waals surface area contributed by atoms with E-state index in [2.05, 4.69) is 206 Å². The minimum absolute atomic E-state index is 0.886. The zero-order valence-electron chi connectivity index (χ0n) is 32.4. The first-order valence-corrected chi connectivity index (χ1v) is 21.4. The monoisotopic (exact) mass is 778 g/mol. The highest BCUT2D eigenvalue weighted by Crippen LogP contribution is 2.50. The fraction of sp³-hybridized carbons (Fsp3) is 0. The summed E-state index contributed by atoms with van der Waals surface area (Å²) in [4.78, 5) is 0. The van der Waals surface area contributed by atoms with Crippen LogP contribution in [0.15, 0.2) is 211 Å². The molecule has 0 radical (unpaired) electrons. The highest BCUT2D eigenvalue weighted by Gasteiger charge is 2.23. The van der Waals surface area contributed by atoms with Gasteiger partial charge in [0.15, 0.2) is 0 Å². The lowest BCUT2D eigenvalue weighted by Gasteiger charge is -2.19.